The second kappa shape index (κ2) is 29.5. The second-order valence-corrected chi connectivity index (χ2v) is 20.8. The lowest BCUT2D eigenvalue weighted by molar-refractivity contribution is -0.125. The number of rotatable bonds is 20. The standard InChI is InChI=1S/C26H33NO7S.C21H31NO6.C6H5ClOS/c1-16-5-7-18(8-6-16)25(29)27(19(14-32-3)15-33-4)22-10-9-20(13-21(22)26(30)31)34-24-12-11-23(35-24)17(2)28;1-14-5-7-15(8-6-14)20(24)22(16(12-26-2)13-27-3)19-10-9-17(23)11-18(19)21(25)28-4;1-4(8)5-2-3-6(7)9-5/h9-13,16,18-19H,5-8,14-15H2,1-4H3,(H,30,31);9-11,14-16,23H,5-8,12-13H2,1-4H3;2-3H,1H3. The molecule has 4 aromatic rings. The molecule has 16 nitrogen and oxygen atoms in total. The zero-order valence-electron chi connectivity index (χ0n) is 42.6. The highest BCUT2D eigenvalue weighted by atomic mass is 35.5. The van der Waals surface area contributed by atoms with Crippen LogP contribution in [-0.2, 0) is 33.3 Å². The Bertz CT molecular complexity index is 2410. The molecule has 0 aliphatic heterocycles. The number of carboxylic acids is 1. The number of carbonyl (C=O) groups is 6. The molecule has 0 atom stereocenters. The molecular formula is C53H69ClN2O14S2. The average molecular weight is 1060 g/mol. The van der Waals surface area contributed by atoms with Gasteiger partial charge in [-0.05, 0) is 138 Å². The number of esters is 1. The van der Waals surface area contributed by atoms with Crippen molar-refractivity contribution in [3.63, 3.8) is 0 Å². The third-order valence-electron chi connectivity index (χ3n) is 12.5. The van der Waals surface area contributed by atoms with E-state index in [0.717, 1.165) is 56.2 Å². The van der Waals surface area contributed by atoms with E-state index in [2.05, 4.69) is 13.8 Å². The number of amides is 2. The Balaban J connectivity index is 0.000000270. The zero-order chi connectivity index (χ0) is 53.1. The van der Waals surface area contributed by atoms with Gasteiger partial charge in [0.1, 0.15) is 11.5 Å². The molecule has 6 rings (SSSR count). The largest absolute Gasteiger partial charge is 0.508 e. The van der Waals surface area contributed by atoms with Gasteiger partial charge in [0.05, 0.1) is 82.2 Å². The van der Waals surface area contributed by atoms with Crippen LogP contribution >= 0.6 is 34.3 Å². The van der Waals surface area contributed by atoms with Gasteiger partial charge in [-0.3, -0.25) is 19.2 Å². The number of hydrogen-bond acceptors (Lipinski definition) is 15. The number of aromatic hydroxyl groups is 1. The number of carbonyl (C=O) groups excluding carboxylic acids is 5. The molecule has 2 saturated carbocycles. The van der Waals surface area contributed by atoms with Crippen LogP contribution in [0.2, 0.25) is 4.34 Å². The normalized spacial score (nSPS) is 17.4. The quantitative estimate of drug-likeness (QED) is 0.0624. The Morgan fingerprint density at radius 1 is 0.611 bits per heavy atom. The van der Waals surface area contributed by atoms with Crippen molar-refractivity contribution in [2.45, 2.75) is 91.1 Å². The van der Waals surface area contributed by atoms with E-state index in [1.54, 1.807) is 80.7 Å². The van der Waals surface area contributed by atoms with Gasteiger partial charge in [-0.25, -0.2) is 9.59 Å². The van der Waals surface area contributed by atoms with Crippen molar-refractivity contribution in [3.05, 3.63) is 85.9 Å². The molecule has 0 spiro atoms. The van der Waals surface area contributed by atoms with E-state index < -0.39 is 24.0 Å². The maximum atomic E-state index is 13.8. The fourth-order valence-electron chi connectivity index (χ4n) is 8.71. The van der Waals surface area contributed by atoms with Crippen molar-refractivity contribution in [1.82, 2.24) is 0 Å². The van der Waals surface area contributed by atoms with Gasteiger partial charge in [0.15, 0.2) is 16.6 Å². The number of ketones is 2. The predicted octanol–water partition coefficient (Wildman–Crippen LogP) is 10.9. The molecule has 0 bridgehead atoms. The fraction of sp³-hybridized carbons (Fsp3) is 0.509. The summed E-state index contributed by atoms with van der Waals surface area (Å²) < 4.78 is 32.7. The van der Waals surface area contributed by atoms with Crippen LogP contribution in [0.1, 0.15) is 119 Å². The van der Waals surface area contributed by atoms with Crippen LogP contribution in [0.25, 0.3) is 0 Å². The minimum Gasteiger partial charge on any atom is -0.508 e. The molecule has 394 valence electrons. The number of carboxylic acid groups (broad SMARTS) is 1. The first-order valence-electron chi connectivity index (χ1n) is 23.8. The predicted molar refractivity (Wildman–Crippen MR) is 279 cm³/mol. The van der Waals surface area contributed by atoms with E-state index in [4.69, 9.17) is 40.0 Å². The summed E-state index contributed by atoms with van der Waals surface area (Å²) in [6.45, 7) is 8.29. The summed E-state index contributed by atoms with van der Waals surface area (Å²) in [5, 5.41) is 20.4. The van der Waals surface area contributed by atoms with Gasteiger partial charge in [0.2, 0.25) is 11.8 Å². The lowest BCUT2D eigenvalue weighted by atomic mass is 9.82. The van der Waals surface area contributed by atoms with E-state index in [9.17, 15) is 39.0 Å². The highest BCUT2D eigenvalue weighted by Crippen LogP contribution is 2.38. The van der Waals surface area contributed by atoms with E-state index in [1.165, 1.54) is 61.8 Å². The Morgan fingerprint density at radius 2 is 1.06 bits per heavy atom. The molecule has 19 heteroatoms. The average Bonchev–Trinajstić information content (AvgIpc) is 4.03. The molecule has 2 amide bonds. The highest BCUT2D eigenvalue weighted by Gasteiger charge is 2.37. The summed E-state index contributed by atoms with van der Waals surface area (Å²) in [6, 6.07) is 14.9. The molecule has 2 aromatic heterocycles. The Kier molecular flexibility index (Phi) is 24.3. The SMILES string of the molecule is CC(=O)c1ccc(Cl)s1.COCC(COC)N(C(=O)C1CCC(C)CC1)c1ccc(O)cc1C(=O)OC.COCC(COC)N(C(=O)C1CCC(C)CC1)c1ccc(Oc2ccc(C(C)=O)s2)cc1C(=O)O. The second-order valence-electron chi connectivity index (χ2n) is 18.1. The molecule has 2 aliphatic carbocycles. The van der Waals surface area contributed by atoms with Crippen molar-refractivity contribution >= 4 is 81.0 Å². The number of Topliss-reactive ketones (excluding diaryl/α,β-unsaturated/α-hetero) is 2. The number of nitrogens with zero attached hydrogens (tertiary/aromatic N) is 2. The van der Waals surface area contributed by atoms with Crippen molar-refractivity contribution in [2.75, 3.05) is 71.8 Å². The van der Waals surface area contributed by atoms with Gasteiger partial charge in [-0.15, -0.1) is 11.3 Å². The van der Waals surface area contributed by atoms with Crippen LogP contribution in [0.5, 0.6) is 16.6 Å². The fourth-order valence-corrected chi connectivity index (χ4v) is 10.4. The molecule has 2 aliphatic rings. The van der Waals surface area contributed by atoms with Crippen LogP contribution in [0.4, 0.5) is 11.4 Å². The number of phenols is 1. The maximum Gasteiger partial charge on any atom is 0.340 e. The van der Waals surface area contributed by atoms with Gasteiger partial charge < -0.3 is 48.4 Å². The third kappa shape index (κ3) is 16.9. The topological polar surface area (TPSA) is 205 Å². The highest BCUT2D eigenvalue weighted by molar-refractivity contribution is 7.18. The van der Waals surface area contributed by atoms with Crippen LogP contribution in [0.3, 0.4) is 0 Å². The summed E-state index contributed by atoms with van der Waals surface area (Å²) in [5.41, 5.74) is 0.758. The maximum absolute atomic E-state index is 13.8. The molecule has 2 aromatic carbocycles. The monoisotopic (exact) mass is 1060 g/mol. The van der Waals surface area contributed by atoms with Gasteiger partial charge in [0.25, 0.3) is 0 Å². The lowest BCUT2D eigenvalue weighted by Gasteiger charge is -2.36. The lowest BCUT2D eigenvalue weighted by Crippen LogP contribution is -2.49. The van der Waals surface area contributed by atoms with Crippen molar-refractivity contribution in [2.24, 2.45) is 23.7 Å². The van der Waals surface area contributed by atoms with Crippen molar-refractivity contribution in [1.29, 1.82) is 0 Å². The van der Waals surface area contributed by atoms with Crippen LogP contribution in [-0.4, -0.2) is 120 Å². The van der Waals surface area contributed by atoms with Crippen molar-refractivity contribution < 1.29 is 67.4 Å². The number of hydrogen-bond donors (Lipinski definition) is 2. The molecule has 2 N–H and O–H groups in total. The molecular weight excluding hydrogens is 988 g/mol. The van der Waals surface area contributed by atoms with Gasteiger partial charge in [-0.1, -0.05) is 36.8 Å². The minimum absolute atomic E-state index is 0.0538. The molecule has 0 saturated heterocycles. The Labute approximate surface area is 435 Å². The van der Waals surface area contributed by atoms with Gasteiger partial charge in [0, 0.05) is 40.3 Å². The van der Waals surface area contributed by atoms with Crippen LogP contribution < -0.4 is 14.5 Å². The number of halogens is 1. The summed E-state index contributed by atoms with van der Waals surface area (Å²) in [7, 11) is 7.47. The Morgan fingerprint density at radius 3 is 1.44 bits per heavy atom. The number of thiophene rings is 2. The first kappa shape index (κ1) is 59.4. The van der Waals surface area contributed by atoms with E-state index >= 15 is 0 Å². The number of ether oxygens (including phenoxy) is 6. The first-order valence-corrected chi connectivity index (χ1v) is 25.8. The molecule has 2 heterocycles. The molecule has 2 fully saturated rings. The number of phenolic OH excluding ortho intramolecular Hbond substituents is 1. The number of methoxy groups -OCH3 is 5. The van der Waals surface area contributed by atoms with Gasteiger partial charge >= 0.3 is 11.9 Å². The minimum atomic E-state index is -1.18. The molecule has 0 unspecified atom stereocenters. The summed E-state index contributed by atoms with van der Waals surface area (Å²) in [5.74, 6) is -0.832. The summed E-state index contributed by atoms with van der Waals surface area (Å²) in [6.07, 6.45) is 7.10. The molecule has 0 radical (unpaired) electrons. The Hall–Kier alpha value is -5.21. The first-order chi connectivity index (χ1) is 34.4. The summed E-state index contributed by atoms with van der Waals surface area (Å²) in [4.78, 5) is 78.6. The smallest absolute Gasteiger partial charge is 0.340 e. The number of benzene rings is 2. The van der Waals surface area contributed by atoms with E-state index in [1.807, 2.05) is 0 Å². The molecule has 72 heavy (non-hydrogen) atoms. The zero-order valence-corrected chi connectivity index (χ0v) is 45.0. The van der Waals surface area contributed by atoms with Crippen LogP contribution in [0.15, 0.2) is 60.7 Å². The van der Waals surface area contributed by atoms with E-state index in [-0.39, 0.29) is 84.2 Å². The van der Waals surface area contributed by atoms with E-state index in [0.29, 0.717) is 37.5 Å². The third-order valence-corrected chi connectivity index (χ3v) is 14.9. The summed E-state index contributed by atoms with van der Waals surface area (Å²) >= 11 is 8.07. The number of aromatic carboxylic acids is 1. The number of anilines is 2. The van der Waals surface area contributed by atoms with Crippen LogP contribution in [0, 0.1) is 23.7 Å². The van der Waals surface area contributed by atoms with Gasteiger partial charge in [-0.2, -0.15) is 0 Å². The van der Waals surface area contributed by atoms with Crippen molar-refractivity contribution in [3.8, 4) is 16.6 Å².